The Hall–Kier alpha value is -1.55. The lowest BCUT2D eigenvalue weighted by Gasteiger charge is -2.11. The van der Waals surface area contributed by atoms with E-state index >= 15 is 0 Å². The van der Waals surface area contributed by atoms with Crippen LogP contribution in [-0.2, 0) is 6.42 Å². The Labute approximate surface area is 107 Å². The Bertz CT molecular complexity index is 394. The average Bonchev–Trinajstić information content (AvgIpc) is 3.13. The number of carbonyl (C=O) groups excluding carboxylic acids is 1. The molecule has 2 amide bonds. The highest BCUT2D eigenvalue weighted by Crippen LogP contribution is 2.44. The standard InChI is InChI=1S/C14H20N2O2/c15-14(17)16(18)9-8-13-10-12(13)7-6-11-4-2-1-3-5-11/h1-5,12-13,18H,6-10H2,(H2,15,17). The quantitative estimate of drug-likeness (QED) is 0.599. The van der Waals surface area contributed by atoms with Gasteiger partial charge in [0.2, 0.25) is 0 Å². The second kappa shape index (κ2) is 5.87. The molecule has 1 fully saturated rings. The predicted molar refractivity (Wildman–Crippen MR) is 69.1 cm³/mol. The number of nitrogens with zero attached hydrogens (tertiary/aromatic N) is 1. The molecule has 0 radical (unpaired) electrons. The van der Waals surface area contributed by atoms with Crippen molar-refractivity contribution in [3.8, 4) is 0 Å². The van der Waals surface area contributed by atoms with Crippen LogP contribution in [0, 0.1) is 11.8 Å². The van der Waals surface area contributed by atoms with Crippen LogP contribution in [0.15, 0.2) is 30.3 Å². The van der Waals surface area contributed by atoms with Crippen molar-refractivity contribution in [2.75, 3.05) is 6.54 Å². The summed E-state index contributed by atoms with van der Waals surface area (Å²) in [5, 5.41) is 9.76. The molecule has 1 aliphatic carbocycles. The number of hydrogen-bond acceptors (Lipinski definition) is 2. The molecule has 0 saturated heterocycles. The Morgan fingerprint density at radius 3 is 2.61 bits per heavy atom. The number of hydrogen-bond donors (Lipinski definition) is 2. The summed E-state index contributed by atoms with van der Waals surface area (Å²) in [6.45, 7) is 0.349. The first-order chi connectivity index (χ1) is 8.66. The van der Waals surface area contributed by atoms with Crippen LogP contribution >= 0.6 is 0 Å². The van der Waals surface area contributed by atoms with Gasteiger partial charge in [-0.05, 0) is 43.1 Å². The maximum Gasteiger partial charge on any atom is 0.338 e. The van der Waals surface area contributed by atoms with Crippen LogP contribution in [0.3, 0.4) is 0 Å². The van der Waals surface area contributed by atoms with Gasteiger partial charge in [-0.2, -0.15) is 0 Å². The number of urea groups is 1. The smallest absolute Gasteiger partial charge is 0.338 e. The van der Waals surface area contributed by atoms with E-state index in [0.717, 1.165) is 18.8 Å². The third-order valence-electron chi connectivity index (χ3n) is 3.68. The van der Waals surface area contributed by atoms with Gasteiger partial charge in [-0.15, -0.1) is 0 Å². The molecule has 0 aromatic heterocycles. The van der Waals surface area contributed by atoms with E-state index < -0.39 is 6.03 Å². The van der Waals surface area contributed by atoms with E-state index in [4.69, 9.17) is 10.9 Å². The third kappa shape index (κ3) is 3.74. The fraction of sp³-hybridized carbons (Fsp3) is 0.500. The summed E-state index contributed by atoms with van der Waals surface area (Å²) >= 11 is 0. The Kier molecular flexibility index (Phi) is 4.20. The lowest BCUT2D eigenvalue weighted by molar-refractivity contribution is -0.0411. The van der Waals surface area contributed by atoms with E-state index in [1.807, 2.05) is 6.07 Å². The molecule has 1 aromatic carbocycles. The maximum absolute atomic E-state index is 10.6. The van der Waals surface area contributed by atoms with Crippen molar-refractivity contribution in [2.45, 2.75) is 25.7 Å². The van der Waals surface area contributed by atoms with Gasteiger partial charge in [0.1, 0.15) is 0 Å². The van der Waals surface area contributed by atoms with E-state index in [2.05, 4.69) is 24.3 Å². The summed E-state index contributed by atoms with van der Waals surface area (Å²) in [7, 11) is 0. The van der Waals surface area contributed by atoms with Gasteiger partial charge in [-0.25, -0.2) is 9.86 Å². The van der Waals surface area contributed by atoms with Gasteiger partial charge in [0.15, 0.2) is 0 Å². The zero-order valence-corrected chi connectivity index (χ0v) is 10.5. The molecular weight excluding hydrogens is 228 g/mol. The normalized spacial score (nSPS) is 21.6. The molecule has 3 N–H and O–H groups in total. The summed E-state index contributed by atoms with van der Waals surface area (Å²) in [6.07, 6.45) is 4.36. The van der Waals surface area contributed by atoms with Gasteiger partial charge in [0, 0.05) is 0 Å². The third-order valence-corrected chi connectivity index (χ3v) is 3.68. The van der Waals surface area contributed by atoms with Crippen LogP contribution in [0.4, 0.5) is 4.79 Å². The highest BCUT2D eigenvalue weighted by Gasteiger charge is 2.36. The van der Waals surface area contributed by atoms with Gasteiger partial charge < -0.3 is 5.73 Å². The number of hydroxylamine groups is 2. The lowest BCUT2D eigenvalue weighted by Crippen LogP contribution is -2.33. The maximum atomic E-state index is 10.6. The number of amides is 2. The molecule has 98 valence electrons. The molecular formula is C14H20N2O2. The molecule has 2 rings (SSSR count). The number of benzene rings is 1. The minimum absolute atomic E-state index is 0.349. The summed E-state index contributed by atoms with van der Waals surface area (Å²) in [6, 6.07) is 9.70. The second-order valence-corrected chi connectivity index (χ2v) is 5.03. The summed E-state index contributed by atoms with van der Waals surface area (Å²) in [5.74, 6) is 1.38. The molecule has 2 atom stereocenters. The molecule has 1 aromatic rings. The van der Waals surface area contributed by atoms with Crippen molar-refractivity contribution in [1.29, 1.82) is 0 Å². The van der Waals surface area contributed by atoms with Crippen molar-refractivity contribution in [3.05, 3.63) is 35.9 Å². The molecule has 2 unspecified atom stereocenters. The monoisotopic (exact) mass is 248 g/mol. The van der Waals surface area contributed by atoms with Crippen LogP contribution in [0.1, 0.15) is 24.8 Å². The highest BCUT2D eigenvalue weighted by molar-refractivity contribution is 5.70. The molecule has 0 aliphatic heterocycles. The number of rotatable bonds is 6. The van der Waals surface area contributed by atoms with E-state index in [1.165, 1.54) is 18.4 Å². The first-order valence-electron chi connectivity index (χ1n) is 6.46. The van der Waals surface area contributed by atoms with Crippen LogP contribution in [0.2, 0.25) is 0 Å². The minimum Gasteiger partial charge on any atom is -0.350 e. The van der Waals surface area contributed by atoms with E-state index in [0.29, 0.717) is 17.5 Å². The van der Waals surface area contributed by atoms with E-state index in [9.17, 15) is 4.79 Å². The van der Waals surface area contributed by atoms with Crippen molar-refractivity contribution >= 4 is 6.03 Å². The van der Waals surface area contributed by atoms with E-state index in [-0.39, 0.29) is 0 Å². The van der Waals surface area contributed by atoms with Crippen LogP contribution in [0.5, 0.6) is 0 Å². The molecule has 0 bridgehead atoms. The number of nitrogens with two attached hydrogens (primary N) is 1. The van der Waals surface area contributed by atoms with Gasteiger partial charge in [-0.3, -0.25) is 5.21 Å². The average molecular weight is 248 g/mol. The van der Waals surface area contributed by atoms with Crippen LogP contribution in [0.25, 0.3) is 0 Å². The van der Waals surface area contributed by atoms with Gasteiger partial charge in [0.05, 0.1) is 6.54 Å². The highest BCUT2D eigenvalue weighted by atomic mass is 16.5. The SMILES string of the molecule is NC(=O)N(O)CCC1CC1CCc1ccccc1. The van der Waals surface area contributed by atoms with Crippen LogP contribution in [-0.4, -0.2) is 22.8 Å². The van der Waals surface area contributed by atoms with Gasteiger partial charge in [0.25, 0.3) is 0 Å². The Balaban J connectivity index is 1.62. The minimum atomic E-state index is -0.767. The Morgan fingerprint density at radius 1 is 1.28 bits per heavy atom. The predicted octanol–water partition coefficient (Wildman–Crippen LogP) is 2.42. The Morgan fingerprint density at radius 2 is 1.94 bits per heavy atom. The molecule has 18 heavy (non-hydrogen) atoms. The lowest BCUT2D eigenvalue weighted by atomic mass is 10.1. The molecule has 0 heterocycles. The zero-order valence-electron chi connectivity index (χ0n) is 10.5. The van der Waals surface area contributed by atoms with Crippen molar-refractivity contribution < 1.29 is 10.0 Å². The number of carbonyl (C=O) groups is 1. The fourth-order valence-electron chi connectivity index (χ4n) is 2.41. The summed E-state index contributed by atoms with van der Waals surface area (Å²) in [5.41, 5.74) is 6.33. The summed E-state index contributed by atoms with van der Waals surface area (Å²) in [4.78, 5) is 10.6. The molecule has 4 heteroatoms. The second-order valence-electron chi connectivity index (χ2n) is 5.03. The molecule has 1 saturated carbocycles. The van der Waals surface area contributed by atoms with Crippen molar-refractivity contribution in [1.82, 2.24) is 5.06 Å². The van der Waals surface area contributed by atoms with Crippen molar-refractivity contribution in [2.24, 2.45) is 17.6 Å². The largest absolute Gasteiger partial charge is 0.350 e. The van der Waals surface area contributed by atoms with Gasteiger partial charge in [-0.1, -0.05) is 30.3 Å². The van der Waals surface area contributed by atoms with E-state index in [1.54, 1.807) is 0 Å². The molecule has 4 nitrogen and oxygen atoms in total. The first-order valence-corrected chi connectivity index (χ1v) is 6.46. The zero-order chi connectivity index (χ0) is 13.0. The summed E-state index contributed by atoms with van der Waals surface area (Å²) < 4.78 is 0. The molecule has 0 spiro atoms. The number of aryl methyl sites for hydroxylation is 1. The fourth-order valence-corrected chi connectivity index (χ4v) is 2.41. The van der Waals surface area contributed by atoms with Gasteiger partial charge >= 0.3 is 6.03 Å². The molecule has 1 aliphatic rings. The first kappa shape index (κ1) is 12.9. The number of primary amides is 1. The topological polar surface area (TPSA) is 66.6 Å². The van der Waals surface area contributed by atoms with Crippen LogP contribution < -0.4 is 5.73 Å². The van der Waals surface area contributed by atoms with Crippen molar-refractivity contribution in [3.63, 3.8) is 0 Å².